The average molecular weight is 139 g/mol. The van der Waals surface area contributed by atoms with Gasteiger partial charge in [-0.25, -0.2) is 0 Å². The number of hydrogen-bond donors (Lipinski definition) is 1. The van der Waals surface area contributed by atoms with Crippen LogP contribution < -0.4 is 5.32 Å². The van der Waals surface area contributed by atoms with Crippen LogP contribution in [0.5, 0.6) is 0 Å². The molecule has 1 aliphatic heterocycles. The summed E-state index contributed by atoms with van der Waals surface area (Å²) in [6, 6.07) is 0.899. The monoisotopic (exact) mass is 139 g/mol. The zero-order valence-electron chi connectivity index (χ0n) is 6.77. The zero-order valence-corrected chi connectivity index (χ0v) is 6.77. The third kappa shape index (κ3) is 1.34. The highest BCUT2D eigenvalue weighted by Crippen LogP contribution is 2.36. The van der Waals surface area contributed by atoms with Crippen LogP contribution in [0.15, 0.2) is 0 Å². The summed E-state index contributed by atoms with van der Waals surface area (Å²) in [6.45, 7) is 3.61. The van der Waals surface area contributed by atoms with E-state index in [2.05, 4.69) is 12.2 Å². The molecular formula is C9H17N. The van der Waals surface area contributed by atoms with Gasteiger partial charge in [0.2, 0.25) is 0 Å². The van der Waals surface area contributed by atoms with Crippen LogP contribution in [-0.2, 0) is 0 Å². The van der Waals surface area contributed by atoms with Crippen molar-refractivity contribution in [3.05, 3.63) is 0 Å². The molecule has 1 aliphatic carbocycles. The minimum absolute atomic E-state index is 0.899. The van der Waals surface area contributed by atoms with Gasteiger partial charge >= 0.3 is 0 Å². The van der Waals surface area contributed by atoms with E-state index in [0.29, 0.717) is 0 Å². The molecule has 2 rings (SSSR count). The van der Waals surface area contributed by atoms with Crippen LogP contribution in [0, 0.1) is 11.8 Å². The summed E-state index contributed by atoms with van der Waals surface area (Å²) >= 11 is 0. The van der Waals surface area contributed by atoms with Gasteiger partial charge in [-0.3, -0.25) is 0 Å². The summed E-state index contributed by atoms with van der Waals surface area (Å²) in [7, 11) is 0. The fourth-order valence-electron chi connectivity index (χ4n) is 1.92. The molecule has 2 fully saturated rings. The Morgan fingerprint density at radius 2 is 1.90 bits per heavy atom. The van der Waals surface area contributed by atoms with Crippen molar-refractivity contribution >= 4 is 0 Å². The standard InChI is InChI=1S/C9H17N/c1-7-2-5-9(10-6-7)8-3-4-8/h7-10H,2-6H2,1H3/t7-,9+/m0/s1. The molecule has 58 valence electrons. The molecule has 0 radical (unpaired) electrons. The summed E-state index contributed by atoms with van der Waals surface area (Å²) in [5, 5.41) is 3.63. The van der Waals surface area contributed by atoms with Crippen LogP contribution in [-0.4, -0.2) is 12.6 Å². The molecule has 1 N–H and O–H groups in total. The van der Waals surface area contributed by atoms with Crippen molar-refractivity contribution in [3.8, 4) is 0 Å². The fraction of sp³-hybridized carbons (Fsp3) is 1.00. The molecule has 0 aromatic rings. The predicted molar refractivity (Wildman–Crippen MR) is 42.9 cm³/mol. The van der Waals surface area contributed by atoms with Crippen molar-refractivity contribution in [1.29, 1.82) is 0 Å². The Bertz CT molecular complexity index is 110. The van der Waals surface area contributed by atoms with Gasteiger partial charge in [0.1, 0.15) is 0 Å². The lowest BCUT2D eigenvalue weighted by Crippen LogP contribution is -2.39. The first-order chi connectivity index (χ1) is 4.86. The third-order valence-corrected chi connectivity index (χ3v) is 2.89. The van der Waals surface area contributed by atoms with E-state index < -0.39 is 0 Å². The number of nitrogens with one attached hydrogen (secondary N) is 1. The van der Waals surface area contributed by atoms with E-state index in [-0.39, 0.29) is 0 Å². The molecule has 0 bridgehead atoms. The fourth-order valence-corrected chi connectivity index (χ4v) is 1.92. The molecule has 2 atom stereocenters. The molecule has 1 nitrogen and oxygen atoms in total. The lowest BCUT2D eigenvalue weighted by atomic mass is 9.94. The maximum Gasteiger partial charge on any atom is 0.00955 e. The molecule has 0 amide bonds. The highest BCUT2D eigenvalue weighted by molar-refractivity contribution is 4.89. The summed E-state index contributed by atoms with van der Waals surface area (Å²) in [5.41, 5.74) is 0. The van der Waals surface area contributed by atoms with Crippen molar-refractivity contribution in [2.75, 3.05) is 6.54 Å². The van der Waals surface area contributed by atoms with Gasteiger partial charge in [-0.1, -0.05) is 6.92 Å². The van der Waals surface area contributed by atoms with E-state index in [4.69, 9.17) is 0 Å². The molecule has 1 saturated heterocycles. The smallest absolute Gasteiger partial charge is 0.00955 e. The van der Waals surface area contributed by atoms with E-state index >= 15 is 0 Å². The molecule has 1 saturated carbocycles. The molecule has 2 aliphatic rings. The highest BCUT2D eigenvalue weighted by atomic mass is 14.9. The van der Waals surface area contributed by atoms with Crippen LogP contribution in [0.2, 0.25) is 0 Å². The predicted octanol–water partition coefficient (Wildman–Crippen LogP) is 1.78. The van der Waals surface area contributed by atoms with E-state index in [9.17, 15) is 0 Å². The Morgan fingerprint density at radius 3 is 2.40 bits per heavy atom. The Labute approximate surface area is 63.2 Å². The summed E-state index contributed by atoms with van der Waals surface area (Å²) < 4.78 is 0. The first kappa shape index (κ1) is 6.66. The lowest BCUT2D eigenvalue weighted by Gasteiger charge is -2.27. The minimum Gasteiger partial charge on any atom is -0.313 e. The van der Waals surface area contributed by atoms with Crippen molar-refractivity contribution in [1.82, 2.24) is 5.32 Å². The van der Waals surface area contributed by atoms with Gasteiger partial charge in [0.05, 0.1) is 0 Å². The van der Waals surface area contributed by atoms with Crippen molar-refractivity contribution in [2.24, 2.45) is 11.8 Å². The van der Waals surface area contributed by atoms with Crippen LogP contribution in [0.25, 0.3) is 0 Å². The molecule has 0 aromatic heterocycles. The van der Waals surface area contributed by atoms with E-state index in [1.165, 1.54) is 32.2 Å². The second kappa shape index (κ2) is 2.54. The summed E-state index contributed by atoms with van der Waals surface area (Å²) in [6.07, 6.45) is 5.87. The maximum atomic E-state index is 3.63. The Hall–Kier alpha value is -0.0400. The molecule has 1 heterocycles. The minimum atomic E-state index is 0.899. The first-order valence-electron chi connectivity index (χ1n) is 4.59. The molecule has 0 unspecified atom stereocenters. The van der Waals surface area contributed by atoms with Gasteiger partial charge in [0.15, 0.2) is 0 Å². The van der Waals surface area contributed by atoms with Crippen molar-refractivity contribution in [2.45, 2.75) is 38.6 Å². The van der Waals surface area contributed by atoms with E-state index in [1.54, 1.807) is 0 Å². The molecule has 0 spiro atoms. The number of piperidine rings is 1. The highest BCUT2D eigenvalue weighted by Gasteiger charge is 2.32. The zero-order chi connectivity index (χ0) is 6.97. The Balaban J connectivity index is 1.79. The van der Waals surface area contributed by atoms with Gasteiger partial charge in [0, 0.05) is 6.04 Å². The SMILES string of the molecule is C[C@H]1CC[C@H](C2CC2)NC1. The summed E-state index contributed by atoms with van der Waals surface area (Å²) in [4.78, 5) is 0. The molecule has 10 heavy (non-hydrogen) atoms. The topological polar surface area (TPSA) is 12.0 Å². The third-order valence-electron chi connectivity index (χ3n) is 2.89. The summed E-state index contributed by atoms with van der Waals surface area (Å²) in [5.74, 6) is 1.99. The van der Waals surface area contributed by atoms with Gasteiger partial charge in [0.25, 0.3) is 0 Å². The van der Waals surface area contributed by atoms with Gasteiger partial charge < -0.3 is 5.32 Å². The van der Waals surface area contributed by atoms with Gasteiger partial charge in [-0.15, -0.1) is 0 Å². The Kier molecular flexibility index (Phi) is 1.69. The normalized spacial score (nSPS) is 41.7. The lowest BCUT2D eigenvalue weighted by molar-refractivity contribution is 0.305. The van der Waals surface area contributed by atoms with Crippen molar-refractivity contribution < 1.29 is 0 Å². The van der Waals surface area contributed by atoms with Crippen LogP contribution in [0.1, 0.15) is 32.6 Å². The molecular weight excluding hydrogens is 122 g/mol. The van der Waals surface area contributed by atoms with Crippen LogP contribution >= 0.6 is 0 Å². The second-order valence-electron chi connectivity index (χ2n) is 4.03. The van der Waals surface area contributed by atoms with E-state index in [0.717, 1.165) is 17.9 Å². The number of rotatable bonds is 1. The number of hydrogen-bond acceptors (Lipinski definition) is 1. The van der Waals surface area contributed by atoms with Gasteiger partial charge in [-0.05, 0) is 44.1 Å². The largest absolute Gasteiger partial charge is 0.313 e. The Morgan fingerprint density at radius 1 is 1.10 bits per heavy atom. The van der Waals surface area contributed by atoms with E-state index in [1.807, 2.05) is 0 Å². The first-order valence-corrected chi connectivity index (χ1v) is 4.59. The van der Waals surface area contributed by atoms with Crippen molar-refractivity contribution in [3.63, 3.8) is 0 Å². The quantitative estimate of drug-likeness (QED) is 0.584. The molecule has 0 aromatic carbocycles. The van der Waals surface area contributed by atoms with Crippen LogP contribution in [0.3, 0.4) is 0 Å². The average Bonchev–Trinajstić information content (AvgIpc) is 2.71. The molecule has 1 heteroatoms. The van der Waals surface area contributed by atoms with Gasteiger partial charge in [-0.2, -0.15) is 0 Å². The second-order valence-corrected chi connectivity index (χ2v) is 4.03. The van der Waals surface area contributed by atoms with Crippen LogP contribution in [0.4, 0.5) is 0 Å². The maximum absolute atomic E-state index is 3.63.